The summed E-state index contributed by atoms with van der Waals surface area (Å²) in [4.78, 5) is 10.9. The fourth-order valence-electron chi connectivity index (χ4n) is 2.96. The van der Waals surface area contributed by atoms with Crippen LogP contribution < -0.4 is 9.62 Å². The quantitative estimate of drug-likeness (QED) is 0.815. The van der Waals surface area contributed by atoms with Gasteiger partial charge in [-0.1, -0.05) is 0 Å². The molecule has 1 fully saturated rings. The first kappa shape index (κ1) is 16.6. The predicted octanol–water partition coefficient (Wildman–Crippen LogP) is 0.891. The lowest BCUT2D eigenvalue weighted by Crippen LogP contribution is -2.41. The van der Waals surface area contributed by atoms with Gasteiger partial charge in [0.15, 0.2) is 5.65 Å². The van der Waals surface area contributed by atoms with Crippen molar-refractivity contribution in [1.82, 2.24) is 24.5 Å². The van der Waals surface area contributed by atoms with Gasteiger partial charge in [-0.05, 0) is 34.7 Å². The van der Waals surface area contributed by atoms with Crippen LogP contribution in [0.5, 0.6) is 0 Å². The van der Waals surface area contributed by atoms with Crippen LogP contribution in [0.2, 0.25) is 0 Å². The van der Waals surface area contributed by atoms with E-state index in [2.05, 4.69) is 40.6 Å². The second-order valence-corrected chi connectivity index (χ2v) is 8.47. The number of fused-ring (bicyclic) bond motifs is 1. The summed E-state index contributed by atoms with van der Waals surface area (Å²) in [5.41, 5.74) is 0.776. The fraction of sp³-hybridized carbons (Fsp3) is 0.615. The molecule has 8 nitrogen and oxygen atoms in total. The van der Waals surface area contributed by atoms with Crippen LogP contribution in [0.1, 0.15) is 12.8 Å². The summed E-state index contributed by atoms with van der Waals surface area (Å²) in [6.45, 7) is 2.11. The summed E-state index contributed by atoms with van der Waals surface area (Å²) in [5, 5.41) is 5.24. The van der Waals surface area contributed by atoms with E-state index in [-0.39, 0.29) is 5.92 Å². The van der Waals surface area contributed by atoms with E-state index in [0.29, 0.717) is 6.54 Å². The summed E-state index contributed by atoms with van der Waals surface area (Å²) in [6.07, 6.45) is 4.74. The van der Waals surface area contributed by atoms with Crippen LogP contribution >= 0.6 is 15.9 Å². The van der Waals surface area contributed by atoms with E-state index < -0.39 is 10.0 Å². The number of hydrogen-bond acceptors (Lipinski definition) is 6. The Morgan fingerprint density at radius 2 is 2.22 bits per heavy atom. The van der Waals surface area contributed by atoms with Gasteiger partial charge in [-0.3, -0.25) is 0 Å². The van der Waals surface area contributed by atoms with Crippen molar-refractivity contribution in [1.29, 1.82) is 0 Å². The third-order valence-electron chi connectivity index (χ3n) is 4.01. The van der Waals surface area contributed by atoms with Crippen LogP contribution in [0.15, 0.2) is 10.9 Å². The summed E-state index contributed by atoms with van der Waals surface area (Å²) in [6, 6.07) is 0. The lowest BCUT2D eigenvalue weighted by atomic mass is 9.98. The predicted molar refractivity (Wildman–Crippen MR) is 91.8 cm³/mol. The molecular weight excluding hydrogens is 384 g/mol. The number of piperidine rings is 1. The molecule has 0 saturated carbocycles. The van der Waals surface area contributed by atoms with Gasteiger partial charge >= 0.3 is 0 Å². The molecular formula is C13H19BrN6O2S. The molecule has 0 spiro atoms. The van der Waals surface area contributed by atoms with Crippen LogP contribution in [0.3, 0.4) is 0 Å². The van der Waals surface area contributed by atoms with Gasteiger partial charge < -0.3 is 4.90 Å². The van der Waals surface area contributed by atoms with Gasteiger partial charge in [0.25, 0.3) is 0 Å². The first-order chi connectivity index (χ1) is 10.8. The number of hydrogen-bond donors (Lipinski definition) is 1. The molecule has 3 rings (SSSR count). The number of nitrogens with one attached hydrogen (secondary N) is 1. The molecule has 1 N–H and O–H groups in total. The van der Waals surface area contributed by atoms with E-state index in [0.717, 1.165) is 47.4 Å². The lowest BCUT2D eigenvalue weighted by molar-refractivity contribution is 0.410. The Labute approximate surface area is 143 Å². The van der Waals surface area contributed by atoms with E-state index in [9.17, 15) is 8.42 Å². The van der Waals surface area contributed by atoms with Crippen molar-refractivity contribution in [3.05, 3.63) is 10.9 Å². The van der Waals surface area contributed by atoms with Crippen molar-refractivity contribution < 1.29 is 8.42 Å². The minimum atomic E-state index is -3.16. The molecule has 3 heterocycles. The smallest absolute Gasteiger partial charge is 0.208 e. The number of aromatic nitrogens is 4. The van der Waals surface area contributed by atoms with E-state index in [1.165, 1.54) is 6.26 Å². The molecule has 0 aromatic carbocycles. The monoisotopic (exact) mass is 402 g/mol. The van der Waals surface area contributed by atoms with Crippen molar-refractivity contribution in [2.24, 2.45) is 13.0 Å². The van der Waals surface area contributed by atoms with E-state index in [1.807, 2.05) is 7.05 Å². The number of nitrogens with zero attached hydrogens (tertiary/aromatic N) is 5. The molecule has 2 aromatic heterocycles. The van der Waals surface area contributed by atoms with Crippen molar-refractivity contribution in [2.45, 2.75) is 12.8 Å². The van der Waals surface area contributed by atoms with E-state index >= 15 is 0 Å². The van der Waals surface area contributed by atoms with E-state index in [1.54, 1.807) is 11.0 Å². The first-order valence-corrected chi connectivity index (χ1v) is 10.1. The Bertz CT molecular complexity index is 821. The van der Waals surface area contributed by atoms with Gasteiger partial charge in [-0.2, -0.15) is 5.10 Å². The molecule has 1 atom stereocenters. The average Bonchev–Trinajstić information content (AvgIpc) is 2.80. The standard InChI is InChI=1S/C13H19BrN6O2S/c1-19-12-10(11(14)18-19)13(16-8-15-12)20-5-3-4-9(7-20)6-17-23(2,21)22/h8-9,17H,3-7H2,1-2H3. The Kier molecular flexibility index (Phi) is 4.56. The number of sulfonamides is 1. The Balaban J connectivity index is 1.84. The third-order valence-corrected chi connectivity index (χ3v) is 5.26. The normalized spacial score (nSPS) is 19.4. The van der Waals surface area contributed by atoms with Gasteiger partial charge in [-0.15, -0.1) is 0 Å². The molecule has 10 heteroatoms. The van der Waals surface area contributed by atoms with Gasteiger partial charge in [0.1, 0.15) is 16.7 Å². The minimum absolute atomic E-state index is 0.263. The largest absolute Gasteiger partial charge is 0.356 e. The molecule has 1 aliphatic rings. The van der Waals surface area contributed by atoms with Crippen molar-refractivity contribution >= 4 is 42.8 Å². The summed E-state index contributed by atoms with van der Waals surface area (Å²) < 4.78 is 27.6. The van der Waals surface area contributed by atoms with Crippen LogP contribution in [-0.2, 0) is 17.1 Å². The Morgan fingerprint density at radius 1 is 1.43 bits per heavy atom. The van der Waals surface area contributed by atoms with Gasteiger partial charge in [-0.25, -0.2) is 27.8 Å². The molecule has 0 amide bonds. The SMILES string of the molecule is Cn1nc(Br)c2c(N3CCCC(CNS(C)(=O)=O)C3)ncnc21. The second kappa shape index (κ2) is 6.33. The Hall–Kier alpha value is -1.26. The highest BCUT2D eigenvalue weighted by molar-refractivity contribution is 9.10. The molecule has 2 aromatic rings. The zero-order valence-corrected chi connectivity index (χ0v) is 15.4. The van der Waals surface area contributed by atoms with Gasteiger partial charge in [0.05, 0.1) is 11.6 Å². The van der Waals surface area contributed by atoms with Gasteiger partial charge in [0, 0.05) is 26.7 Å². The number of rotatable bonds is 4. The fourth-order valence-corrected chi connectivity index (χ4v) is 4.09. The maximum atomic E-state index is 11.3. The maximum absolute atomic E-state index is 11.3. The van der Waals surface area contributed by atoms with Crippen molar-refractivity contribution in [3.8, 4) is 0 Å². The zero-order valence-electron chi connectivity index (χ0n) is 13.0. The second-order valence-electron chi connectivity index (χ2n) is 5.89. The molecule has 0 aliphatic carbocycles. The van der Waals surface area contributed by atoms with Crippen LogP contribution in [-0.4, -0.2) is 54.1 Å². The molecule has 0 radical (unpaired) electrons. The lowest BCUT2D eigenvalue weighted by Gasteiger charge is -2.33. The molecule has 1 unspecified atom stereocenters. The average molecular weight is 403 g/mol. The third kappa shape index (κ3) is 3.64. The summed E-state index contributed by atoms with van der Waals surface area (Å²) in [7, 11) is -1.31. The van der Waals surface area contributed by atoms with Gasteiger partial charge in [0.2, 0.25) is 10.0 Å². The molecule has 23 heavy (non-hydrogen) atoms. The number of anilines is 1. The zero-order chi connectivity index (χ0) is 16.6. The van der Waals surface area contributed by atoms with Crippen molar-refractivity contribution in [2.75, 3.05) is 30.8 Å². The van der Waals surface area contributed by atoms with E-state index in [4.69, 9.17) is 0 Å². The molecule has 126 valence electrons. The topological polar surface area (TPSA) is 93.0 Å². The summed E-state index contributed by atoms with van der Waals surface area (Å²) >= 11 is 3.48. The molecule has 0 bridgehead atoms. The first-order valence-electron chi connectivity index (χ1n) is 7.38. The minimum Gasteiger partial charge on any atom is -0.356 e. The van der Waals surface area contributed by atoms with Crippen LogP contribution in [0.25, 0.3) is 11.0 Å². The number of halogens is 1. The van der Waals surface area contributed by atoms with Crippen LogP contribution in [0, 0.1) is 5.92 Å². The molecule has 1 saturated heterocycles. The summed E-state index contributed by atoms with van der Waals surface area (Å²) in [5.74, 6) is 1.11. The molecule has 1 aliphatic heterocycles. The maximum Gasteiger partial charge on any atom is 0.208 e. The highest BCUT2D eigenvalue weighted by atomic mass is 79.9. The highest BCUT2D eigenvalue weighted by Gasteiger charge is 2.25. The van der Waals surface area contributed by atoms with Crippen LogP contribution in [0.4, 0.5) is 5.82 Å². The highest BCUT2D eigenvalue weighted by Crippen LogP contribution is 2.31. The Morgan fingerprint density at radius 3 is 2.96 bits per heavy atom. The number of aryl methyl sites for hydroxylation is 1. The van der Waals surface area contributed by atoms with Crippen molar-refractivity contribution in [3.63, 3.8) is 0 Å².